The van der Waals surface area contributed by atoms with Gasteiger partial charge in [-0.1, -0.05) is 12.1 Å². The minimum absolute atomic E-state index is 0.0125. The fourth-order valence-corrected chi connectivity index (χ4v) is 10.4. The number of likely N-dealkylation sites (tertiary alicyclic amines) is 2. The highest BCUT2D eigenvalue weighted by Gasteiger charge is 2.58. The van der Waals surface area contributed by atoms with Crippen LogP contribution in [0, 0.1) is 0 Å². The van der Waals surface area contributed by atoms with E-state index in [-0.39, 0.29) is 22.6 Å². The molecule has 4 aliphatic heterocycles. The van der Waals surface area contributed by atoms with Crippen molar-refractivity contribution in [2.45, 2.75) is 85.8 Å². The third kappa shape index (κ3) is 5.29. The average molecular weight is 664 g/mol. The Balaban J connectivity index is 0.991. The van der Waals surface area contributed by atoms with E-state index in [4.69, 9.17) is 33.2 Å². The molecule has 0 bridgehead atoms. The molecule has 1 N–H and O–H groups in total. The number of nitrogens with one attached hydrogen (secondary N) is 1. The Hall–Kier alpha value is -2.60. The van der Waals surface area contributed by atoms with E-state index in [0.29, 0.717) is 25.9 Å². The van der Waals surface area contributed by atoms with E-state index in [9.17, 15) is 0 Å². The van der Waals surface area contributed by atoms with Crippen LogP contribution in [0.2, 0.25) is 0 Å². The maximum atomic E-state index is 6.53. The fourth-order valence-electron chi connectivity index (χ4n) is 10.4. The number of ether oxygens (including phenoxy) is 7. The summed E-state index contributed by atoms with van der Waals surface area (Å²) in [7, 11) is 7.43. The molecule has 0 radical (unpaired) electrons. The first-order chi connectivity index (χ1) is 23.4. The van der Waals surface area contributed by atoms with Crippen molar-refractivity contribution in [3.63, 3.8) is 0 Å². The molecule has 4 heterocycles. The molecule has 6 fully saturated rings. The molecule has 2 aliphatic carbocycles. The van der Waals surface area contributed by atoms with E-state index < -0.39 is 5.79 Å². The second-order valence-electron chi connectivity index (χ2n) is 14.9. The van der Waals surface area contributed by atoms with E-state index in [1.807, 2.05) is 6.07 Å². The Labute approximate surface area is 285 Å². The summed E-state index contributed by atoms with van der Waals surface area (Å²) in [6.07, 6.45) is 8.13. The Morgan fingerprint density at radius 2 is 1.38 bits per heavy atom. The highest BCUT2D eigenvalue weighted by Crippen LogP contribution is 2.55. The number of rotatable bonds is 9. The molecule has 10 heteroatoms. The number of likely N-dealkylation sites (N-methyl/N-ethyl adjacent to an activating group) is 1. The van der Waals surface area contributed by atoms with Crippen molar-refractivity contribution >= 4 is 0 Å². The van der Waals surface area contributed by atoms with Gasteiger partial charge in [-0.15, -0.1) is 0 Å². The van der Waals surface area contributed by atoms with Crippen molar-refractivity contribution < 1.29 is 33.2 Å². The van der Waals surface area contributed by atoms with Crippen LogP contribution in [0.15, 0.2) is 36.4 Å². The number of hydrogen-bond donors (Lipinski definition) is 1. The maximum Gasteiger partial charge on any atom is 0.170 e. The van der Waals surface area contributed by atoms with Crippen molar-refractivity contribution in [3.05, 3.63) is 47.5 Å². The van der Waals surface area contributed by atoms with Crippen LogP contribution in [0.4, 0.5) is 0 Å². The number of benzene rings is 2. The lowest BCUT2D eigenvalue weighted by molar-refractivity contribution is -0.195. The summed E-state index contributed by atoms with van der Waals surface area (Å²) in [4.78, 5) is 5.13. The van der Waals surface area contributed by atoms with Gasteiger partial charge >= 0.3 is 0 Å². The molecule has 2 aromatic rings. The van der Waals surface area contributed by atoms with Gasteiger partial charge in [0.25, 0.3) is 0 Å². The predicted octanol–water partition coefficient (Wildman–Crippen LogP) is 4.47. The third-order valence-electron chi connectivity index (χ3n) is 13.0. The van der Waals surface area contributed by atoms with E-state index in [1.54, 1.807) is 21.3 Å². The van der Waals surface area contributed by atoms with Crippen LogP contribution in [-0.4, -0.2) is 114 Å². The van der Waals surface area contributed by atoms with Gasteiger partial charge in [-0.25, -0.2) is 0 Å². The molecule has 8 rings (SSSR count). The first-order valence-corrected chi connectivity index (χ1v) is 18.0. The molecule has 4 saturated heterocycles. The van der Waals surface area contributed by atoms with Crippen molar-refractivity contribution in [1.29, 1.82) is 0 Å². The Morgan fingerprint density at radius 1 is 0.708 bits per heavy atom. The fraction of sp³-hybridized carbons (Fsp3) is 0.684. The van der Waals surface area contributed by atoms with Gasteiger partial charge in [0.05, 0.1) is 41.2 Å². The Kier molecular flexibility index (Phi) is 8.57. The summed E-state index contributed by atoms with van der Waals surface area (Å²) in [6, 6.07) is 13.8. The van der Waals surface area contributed by atoms with Crippen molar-refractivity contribution in [2.24, 2.45) is 0 Å². The van der Waals surface area contributed by atoms with Crippen LogP contribution in [-0.2, 0) is 25.0 Å². The van der Waals surface area contributed by atoms with E-state index in [2.05, 4.69) is 52.5 Å². The average Bonchev–Trinajstić information content (AvgIpc) is 3.93. The Morgan fingerprint density at radius 3 is 2.08 bits per heavy atom. The van der Waals surface area contributed by atoms with Crippen LogP contribution in [0.5, 0.6) is 23.0 Å². The van der Waals surface area contributed by atoms with Crippen molar-refractivity contribution in [2.75, 3.05) is 81.0 Å². The summed E-state index contributed by atoms with van der Waals surface area (Å²) < 4.78 is 42.6. The van der Waals surface area contributed by atoms with E-state index >= 15 is 0 Å². The normalized spacial score (nSPS) is 34.4. The molecule has 48 heavy (non-hydrogen) atoms. The monoisotopic (exact) mass is 663 g/mol. The van der Waals surface area contributed by atoms with Gasteiger partial charge in [0.1, 0.15) is 12.3 Å². The summed E-state index contributed by atoms with van der Waals surface area (Å²) in [5.74, 6) is 2.67. The number of fused-ring (bicyclic) bond motifs is 2. The van der Waals surface area contributed by atoms with Crippen LogP contribution in [0.3, 0.4) is 0 Å². The highest BCUT2D eigenvalue weighted by molar-refractivity contribution is 5.48. The van der Waals surface area contributed by atoms with Gasteiger partial charge in [-0.3, -0.25) is 10.2 Å². The smallest absolute Gasteiger partial charge is 0.170 e. The molecule has 6 aliphatic rings. The lowest BCUT2D eigenvalue weighted by atomic mass is 9.64. The SMILES string of the molecule is COc1ccc(C23CCN(CCOc4ccc(C56CCN(C)C5CC5(CC6)NCCO5)cc4OC)C2CC2(CC3)OCCO2)cc1OC. The number of methoxy groups -OCH3 is 3. The zero-order valence-corrected chi connectivity index (χ0v) is 29.2. The standard InChI is InChI=1S/C38H53N3O7/c1-40-16-13-35(9-11-37(25-33(35)40)39-15-19-46-37)27-6-8-30(32(24-27)44-4)45-20-18-41-17-14-36(28-5-7-29(42-2)31(23-28)43-3)10-12-38(26-34(36)41)47-21-22-48-38/h5-8,23-24,33-34,39H,9-22,25-26H2,1-4H3. The minimum atomic E-state index is -0.489. The lowest BCUT2D eigenvalue weighted by Crippen LogP contribution is -2.56. The molecule has 2 spiro atoms. The second kappa shape index (κ2) is 12.6. The van der Waals surface area contributed by atoms with Crippen LogP contribution < -0.4 is 24.3 Å². The molecule has 0 aromatic heterocycles. The third-order valence-corrected chi connectivity index (χ3v) is 13.0. The predicted molar refractivity (Wildman–Crippen MR) is 181 cm³/mol. The van der Waals surface area contributed by atoms with Crippen LogP contribution >= 0.6 is 0 Å². The summed E-state index contributed by atoms with van der Waals surface area (Å²) in [6.45, 7) is 6.56. The first kappa shape index (κ1) is 32.6. The molecular formula is C38H53N3O7. The minimum Gasteiger partial charge on any atom is -0.493 e. The molecular weight excluding hydrogens is 610 g/mol. The summed E-state index contributed by atoms with van der Waals surface area (Å²) in [5, 5.41) is 3.68. The van der Waals surface area contributed by atoms with Gasteiger partial charge in [0, 0.05) is 55.3 Å². The number of nitrogens with zero attached hydrogens (tertiary/aromatic N) is 2. The van der Waals surface area contributed by atoms with Gasteiger partial charge < -0.3 is 38.1 Å². The van der Waals surface area contributed by atoms with E-state index in [1.165, 1.54) is 11.1 Å². The molecule has 2 aromatic carbocycles. The first-order valence-electron chi connectivity index (χ1n) is 18.0. The van der Waals surface area contributed by atoms with E-state index in [0.717, 1.165) is 107 Å². The van der Waals surface area contributed by atoms with Gasteiger partial charge in [-0.2, -0.15) is 0 Å². The van der Waals surface area contributed by atoms with Gasteiger partial charge in [-0.05, 0) is 87.6 Å². The van der Waals surface area contributed by atoms with Crippen LogP contribution in [0.1, 0.15) is 62.5 Å². The molecule has 10 nitrogen and oxygen atoms in total. The lowest BCUT2D eigenvalue weighted by Gasteiger charge is -2.48. The summed E-state index contributed by atoms with van der Waals surface area (Å²) in [5.41, 5.74) is 2.58. The summed E-state index contributed by atoms with van der Waals surface area (Å²) >= 11 is 0. The maximum absolute atomic E-state index is 6.53. The molecule has 5 atom stereocenters. The van der Waals surface area contributed by atoms with Gasteiger partial charge in [0.15, 0.2) is 28.8 Å². The van der Waals surface area contributed by atoms with Crippen molar-refractivity contribution in [1.82, 2.24) is 15.1 Å². The van der Waals surface area contributed by atoms with Crippen molar-refractivity contribution in [3.8, 4) is 23.0 Å². The second-order valence-corrected chi connectivity index (χ2v) is 14.9. The zero-order valence-electron chi connectivity index (χ0n) is 29.2. The molecule has 2 saturated carbocycles. The quantitative estimate of drug-likeness (QED) is 0.415. The number of hydrogen-bond acceptors (Lipinski definition) is 10. The molecule has 5 unspecified atom stereocenters. The Bertz CT molecular complexity index is 1480. The molecule has 262 valence electrons. The molecule has 0 amide bonds. The zero-order chi connectivity index (χ0) is 33.0. The van der Waals surface area contributed by atoms with Crippen LogP contribution in [0.25, 0.3) is 0 Å². The highest BCUT2D eigenvalue weighted by atomic mass is 16.7. The largest absolute Gasteiger partial charge is 0.493 e. The topological polar surface area (TPSA) is 83.1 Å². The van der Waals surface area contributed by atoms with Gasteiger partial charge in [0.2, 0.25) is 0 Å².